The molecule has 1 aromatic rings. The summed E-state index contributed by atoms with van der Waals surface area (Å²) in [7, 11) is -2.44. The third kappa shape index (κ3) is 4.21. The molecule has 0 amide bonds. The fraction of sp³-hybridized carbons (Fsp3) is 0.533. The molecular weight excluding hydrogens is 322 g/mol. The molecule has 7 nitrogen and oxygen atoms in total. The molecule has 0 bridgehead atoms. The number of carbonyl (C=O) groups is 1. The van der Waals surface area contributed by atoms with Crippen molar-refractivity contribution in [3.63, 3.8) is 0 Å². The van der Waals surface area contributed by atoms with Gasteiger partial charge in [-0.15, -0.1) is 0 Å². The van der Waals surface area contributed by atoms with Gasteiger partial charge in [-0.05, 0) is 49.9 Å². The van der Waals surface area contributed by atoms with Crippen LogP contribution in [0.4, 0.5) is 0 Å². The Morgan fingerprint density at radius 2 is 1.78 bits per heavy atom. The van der Waals surface area contributed by atoms with Crippen molar-refractivity contribution >= 4 is 16.0 Å². The number of aliphatic hydroxyl groups excluding tert-OH is 1. The maximum absolute atomic E-state index is 12.8. The second-order valence-electron chi connectivity index (χ2n) is 5.58. The van der Waals surface area contributed by atoms with Gasteiger partial charge in [-0.3, -0.25) is 4.79 Å². The van der Waals surface area contributed by atoms with Crippen LogP contribution < -0.4 is 4.74 Å². The molecule has 1 fully saturated rings. The number of sulfonamides is 1. The smallest absolute Gasteiger partial charge is 0.318 e. The van der Waals surface area contributed by atoms with Crippen molar-refractivity contribution < 1.29 is 28.2 Å². The van der Waals surface area contributed by atoms with Crippen molar-refractivity contribution in [1.82, 2.24) is 4.31 Å². The Bertz CT molecular complexity index is 634. The molecule has 2 N–H and O–H groups in total. The molecule has 1 aliphatic rings. The lowest BCUT2D eigenvalue weighted by Crippen LogP contribution is -2.45. The first-order valence-corrected chi connectivity index (χ1v) is 8.84. The van der Waals surface area contributed by atoms with Gasteiger partial charge in [0.2, 0.25) is 10.0 Å². The van der Waals surface area contributed by atoms with Crippen molar-refractivity contribution in [3.8, 4) is 5.75 Å². The molecule has 23 heavy (non-hydrogen) atoms. The van der Waals surface area contributed by atoms with Gasteiger partial charge in [-0.2, -0.15) is 4.31 Å². The van der Waals surface area contributed by atoms with E-state index in [4.69, 9.17) is 9.84 Å². The normalized spacial score (nSPS) is 22.0. The third-order valence-corrected chi connectivity index (χ3v) is 5.94. The Balaban J connectivity index is 2.30. The zero-order chi connectivity index (χ0) is 17.0. The molecule has 128 valence electrons. The summed E-state index contributed by atoms with van der Waals surface area (Å²) in [5.41, 5.74) is 0. The SMILES string of the molecule is COc1ccc(S(=O)(=O)N(CC(=O)O)C2CCC(O)CC2)cc1. The number of ether oxygens (including phenoxy) is 1. The highest BCUT2D eigenvalue weighted by atomic mass is 32.2. The fourth-order valence-electron chi connectivity index (χ4n) is 2.77. The summed E-state index contributed by atoms with van der Waals surface area (Å²) < 4.78 is 31.7. The van der Waals surface area contributed by atoms with Crippen molar-refractivity contribution in [2.75, 3.05) is 13.7 Å². The van der Waals surface area contributed by atoms with E-state index in [9.17, 15) is 18.3 Å². The number of methoxy groups -OCH3 is 1. The number of aliphatic carboxylic acids is 1. The van der Waals surface area contributed by atoms with E-state index in [2.05, 4.69) is 0 Å². The molecule has 2 rings (SSSR count). The van der Waals surface area contributed by atoms with Crippen LogP contribution in [0.15, 0.2) is 29.2 Å². The number of nitrogens with zero attached hydrogens (tertiary/aromatic N) is 1. The van der Waals surface area contributed by atoms with E-state index < -0.39 is 34.7 Å². The number of rotatable bonds is 6. The topological polar surface area (TPSA) is 104 Å². The van der Waals surface area contributed by atoms with E-state index in [1.54, 1.807) is 0 Å². The number of benzene rings is 1. The van der Waals surface area contributed by atoms with Crippen LogP contribution in [0.25, 0.3) is 0 Å². The van der Waals surface area contributed by atoms with E-state index in [1.165, 1.54) is 31.4 Å². The first-order valence-electron chi connectivity index (χ1n) is 7.40. The minimum atomic E-state index is -3.92. The highest BCUT2D eigenvalue weighted by molar-refractivity contribution is 7.89. The van der Waals surface area contributed by atoms with Crippen LogP contribution >= 0.6 is 0 Å². The Labute approximate surface area is 135 Å². The molecule has 1 aromatic carbocycles. The Morgan fingerprint density at radius 1 is 1.22 bits per heavy atom. The quantitative estimate of drug-likeness (QED) is 0.801. The second-order valence-corrected chi connectivity index (χ2v) is 7.47. The number of hydrogen-bond acceptors (Lipinski definition) is 5. The van der Waals surface area contributed by atoms with Crippen molar-refractivity contribution in [3.05, 3.63) is 24.3 Å². The van der Waals surface area contributed by atoms with Crippen molar-refractivity contribution in [2.24, 2.45) is 0 Å². The molecule has 0 heterocycles. The van der Waals surface area contributed by atoms with Crippen LogP contribution in [0, 0.1) is 0 Å². The monoisotopic (exact) mass is 343 g/mol. The number of carboxylic acid groups (broad SMARTS) is 1. The Hall–Kier alpha value is -1.64. The largest absolute Gasteiger partial charge is 0.497 e. The minimum absolute atomic E-state index is 0.0330. The van der Waals surface area contributed by atoms with E-state index in [0.717, 1.165) is 4.31 Å². The summed E-state index contributed by atoms with van der Waals surface area (Å²) in [5.74, 6) is -0.678. The lowest BCUT2D eigenvalue weighted by molar-refractivity contribution is -0.137. The first-order chi connectivity index (χ1) is 10.8. The first kappa shape index (κ1) is 17.7. The summed E-state index contributed by atoms with van der Waals surface area (Å²) in [6.07, 6.45) is 1.40. The summed E-state index contributed by atoms with van der Waals surface area (Å²) in [5, 5.41) is 18.7. The van der Waals surface area contributed by atoms with Crippen LogP contribution in [0.5, 0.6) is 5.75 Å². The number of hydrogen-bond donors (Lipinski definition) is 2. The molecule has 0 saturated heterocycles. The predicted molar refractivity (Wildman–Crippen MR) is 82.8 cm³/mol. The van der Waals surface area contributed by atoms with Gasteiger partial charge in [-0.1, -0.05) is 0 Å². The lowest BCUT2D eigenvalue weighted by atomic mass is 9.93. The van der Waals surface area contributed by atoms with Gasteiger partial charge in [0.15, 0.2) is 0 Å². The van der Waals surface area contributed by atoms with E-state index in [0.29, 0.717) is 31.4 Å². The van der Waals surface area contributed by atoms with Crippen LogP contribution in [0.3, 0.4) is 0 Å². The summed E-state index contributed by atoms with van der Waals surface area (Å²) >= 11 is 0. The summed E-state index contributed by atoms with van der Waals surface area (Å²) in [6, 6.07) is 5.44. The Morgan fingerprint density at radius 3 is 2.26 bits per heavy atom. The Kier molecular flexibility index (Phi) is 5.61. The van der Waals surface area contributed by atoms with Crippen molar-refractivity contribution in [2.45, 2.75) is 42.7 Å². The molecule has 0 aliphatic heterocycles. The molecule has 0 radical (unpaired) electrons. The van der Waals surface area contributed by atoms with Crippen LogP contribution in [-0.4, -0.2) is 54.7 Å². The zero-order valence-corrected chi connectivity index (χ0v) is 13.7. The van der Waals surface area contributed by atoms with E-state index in [1.807, 2.05) is 0 Å². The average molecular weight is 343 g/mol. The van der Waals surface area contributed by atoms with Gasteiger partial charge < -0.3 is 14.9 Å². The lowest BCUT2D eigenvalue weighted by Gasteiger charge is -2.33. The number of aliphatic hydroxyl groups is 1. The molecule has 0 spiro atoms. The zero-order valence-electron chi connectivity index (χ0n) is 12.9. The maximum atomic E-state index is 12.8. The van der Waals surface area contributed by atoms with Gasteiger partial charge >= 0.3 is 5.97 Å². The standard InChI is InChI=1S/C15H21NO6S/c1-22-13-6-8-14(9-7-13)23(20,21)16(10-15(18)19)11-2-4-12(17)5-3-11/h6-9,11-12,17H,2-5,10H2,1H3,(H,18,19). The van der Waals surface area contributed by atoms with Crippen molar-refractivity contribution in [1.29, 1.82) is 0 Å². The summed E-state index contributed by atoms with van der Waals surface area (Å²) in [4.78, 5) is 11.2. The molecule has 1 saturated carbocycles. The van der Waals surface area contributed by atoms with Gasteiger partial charge in [-0.25, -0.2) is 8.42 Å². The highest BCUT2D eigenvalue weighted by Crippen LogP contribution is 2.28. The molecule has 0 atom stereocenters. The van der Waals surface area contributed by atoms with E-state index in [-0.39, 0.29) is 4.90 Å². The third-order valence-electron chi connectivity index (χ3n) is 4.03. The summed E-state index contributed by atoms with van der Waals surface area (Å²) in [6.45, 7) is -0.588. The molecular formula is C15H21NO6S. The van der Waals surface area contributed by atoms with Gasteiger partial charge in [0.05, 0.1) is 18.1 Å². The molecule has 0 aromatic heterocycles. The maximum Gasteiger partial charge on any atom is 0.318 e. The predicted octanol–water partition coefficient (Wildman–Crippen LogP) is 1.07. The van der Waals surface area contributed by atoms with Crippen LogP contribution in [0.1, 0.15) is 25.7 Å². The molecule has 0 unspecified atom stereocenters. The second kappa shape index (κ2) is 7.29. The molecule has 1 aliphatic carbocycles. The van der Waals surface area contributed by atoms with Gasteiger partial charge in [0.1, 0.15) is 12.3 Å². The van der Waals surface area contributed by atoms with Crippen LogP contribution in [0.2, 0.25) is 0 Å². The number of carboxylic acids is 1. The molecule has 8 heteroatoms. The minimum Gasteiger partial charge on any atom is -0.497 e. The van der Waals surface area contributed by atoms with Crippen LogP contribution in [-0.2, 0) is 14.8 Å². The van der Waals surface area contributed by atoms with E-state index >= 15 is 0 Å². The highest BCUT2D eigenvalue weighted by Gasteiger charge is 2.35. The van der Waals surface area contributed by atoms with Gasteiger partial charge in [0.25, 0.3) is 0 Å². The average Bonchev–Trinajstić information content (AvgIpc) is 2.53. The van der Waals surface area contributed by atoms with Gasteiger partial charge in [0, 0.05) is 6.04 Å². The fourth-order valence-corrected chi connectivity index (χ4v) is 4.41.